The molecule has 1 aromatic carbocycles. The lowest BCUT2D eigenvalue weighted by molar-refractivity contribution is -0.140. The summed E-state index contributed by atoms with van der Waals surface area (Å²) in [5, 5.41) is 0.880. The molecule has 0 aliphatic heterocycles. The number of hydrogen-bond donors (Lipinski definition) is 1. The smallest absolute Gasteiger partial charge is 0.332 e. The first-order chi connectivity index (χ1) is 8.13. The van der Waals surface area contributed by atoms with E-state index in [9.17, 15) is 4.79 Å². The van der Waals surface area contributed by atoms with Crippen molar-refractivity contribution in [2.45, 2.75) is 32.6 Å². The normalized spacial score (nSPS) is 10.1. The van der Waals surface area contributed by atoms with E-state index in [1.807, 2.05) is 0 Å². The summed E-state index contributed by atoms with van der Waals surface area (Å²) in [6.07, 6.45) is 3.37. The molecule has 1 N–H and O–H groups in total. The van der Waals surface area contributed by atoms with Crippen LogP contribution < -0.4 is 5.48 Å². The van der Waals surface area contributed by atoms with E-state index in [0.717, 1.165) is 19.3 Å². The van der Waals surface area contributed by atoms with E-state index in [2.05, 4.69) is 12.4 Å². The fourth-order valence-electron chi connectivity index (χ4n) is 1.25. The van der Waals surface area contributed by atoms with Gasteiger partial charge in [-0.15, -0.1) is 0 Å². The van der Waals surface area contributed by atoms with Crippen LogP contribution in [0.25, 0.3) is 0 Å². The van der Waals surface area contributed by atoms with Crippen molar-refractivity contribution >= 4 is 34.9 Å². The van der Waals surface area contributed by atoms with E-state index >= 15 is 0 Å². The highest BCUT2D eigenvalue weighted by Gasteiger charge is 2.04. The second-order valence-corrected chi connectivity index (χ2v) is 4.48. The highest BCUT2D eigenvalue weighted by Crippen LogP contribution is 2.24. The Hall–Kier alpha value is -0.930. The van der Waals surface area contributed by atoms with Crippen LogP contribution in [0.1, 0.15) is 32.6 Å². The summed E-state index contributed by atoms with van der Waals surface area (Å²) in [6, 6.07) is 4.92. The average molecular weight is 276 g/mol. The van der Waals surface area contributed by atoms with Crippen molar-refractivity contribution in [3.8, 4) is 0 Å². The van der Waals surface area contributed by atoms with Crippen LogP contribution in [0.15, 0.2) is 18.2 Å². The zero-order valence-electron chi connectivity index (χ0n) is 9.63. The molecule has 0 aliphatic carbocycles. The highest BCUT2D eigenvalue weighted by atomic mass is 35.5. The number of benzene rings is 1. The minimum Gasteiger partial charge on any atom is -0.343 e. The first kappa shape index (κ1) is 14.1. The maximum atomic E-state index is 11.3. The standard InChI is InChI=1S/C12H15Cl2NO2/c1-2-3-4-5-12(16)17-15-9-6-7-10(13)11(14)8-9/h6-8,15H,2-5H2,1H3. The lowest BCUT2D eigenvalue weighted by Crippen LogP contribution is -2.10. The molecule has 0 saturated carbocycles. The molecule has 0 bridgehead atoms. The van der Waals surface area contributed by atoms with Crippen LogP contribution >= 0.6 is 23.2 Å². The number of hydrogen-bond acceptors (Lipinski definition) is 3. The van der Waals surface area contributed by atoms with Crippen molar-refractivity contribution in [1.29, 1.82) is 0 Å². The Morgan fingerprint density at radius 1 is 1.29 bits per heavy atom. The Morgan fingerprint density at radius 2 is 2.06 bits per heavy atom. The molecular weight excluding hydrogens is 261 g/mol. The first-order valence-electron chi connectivity index (χ1n) is 5.54. The molecule has 0 atom stereocenters. The summed E-state index contributed by atoms with van der Waals surface area (Å²) in [5.41, 5.74) is 3.15. The number of carbonyl (C=O) groups is 1. The van der Waals surface area contributed by atoms with E-state index in [1.54, 1.807) is 18.2 Å². The second-order valence-electron chi connectivity index (χ2n) is 3.66. The third-order valence-electron chi connectivity index (χ3n) is 2.19. The molecule has 94 valence electrons. The van der Waals surface area contributed by atoms with Gasteiger partial charge in [-0.05, 0) is 24.6 Å². The van der Waals surface area contributed by atoms with Gasteiger partial charge in [0.05, 0.1) is 15.7 Å². The van der Waals surface area contributed by atoms with Gasteiger partial charge in [0.1, 0.15) is 0 Å². The van der Waals surface area contributed by atoms with Crippen LogP contribution in [0, 0.1) is 0 Å². The van der Waals surface area contributed by atoms with Gasteiger partial charge in [0, 0.05) is 6.42 Å². The number of halogens is 2. The molecule has 0 amide bonds. The molecule has 0 heterocycles. The van der Waals surface area contributed by atoms with Crippen LogP contribution in [0.5, 0.6) is 0 Å². The summed E-state index contributed by atoms with van der Waals surface area (Å²) in [5.74, 6) is -0.274. The molecule has 17 heavy (non-hydrogen) atoms. The fraction of sp³-hybridized carbons (Fsp3) is 0.417. The Kier molecular flexibility index (Phi) is 6.16. The van der Waals surface area contributed by atoms with Gasteiger partial charge in [0.25, 0.3) is 0 Å². The highest BCUT2D eigenvalue weighted by molar-refractivity contribution is 6.42. The van der Waals surface area contributed by atoms with Gasteiger partial charge in [0.15, 0.2) is 0 Å². The number of anilines is 1. The quantitative estimate of drug-likeness (QED) is 0.616. The van der Waals surface area contributed by atoms with Gasteiger partial charge in [-0.1, -0.05) is 43.0 Å². The molecule has 0 aliphatic rings. The molecule has 0 radical (unpaired) electrons. The lowest BCUT2D eigenvalue weighted by atomic mass is 10.2. The fourth-order valence-corrected chi connectivity index (χ4v) is 1.54. The minimum atomic E-state index is -0.274. The molecule has 3 nitrogen and oxygen atoms in total. The Morgan fingerprint density at radius 3 is 2.71 bits per heavy atom. The van der Waals surface area contributed by atoms with Crippen molar-refractivity contribution in [1.82, 2.24) is 0 Å². The monoisotopic (exact) mass is 275 g/mol. The van der Waals surface area contributed by atoms with Crippen LogP contribution in [0.3, 0.4) is 0 Å². The van der Waals surface area contributed by atoms with Crippen molar-refractivity contribution in [3.63, 3.8) is 0 Å². The van der Waals surface area contributed by atoms with Crippen LogP contribution in [-0.2, 0) is 9.63 Å². The van der Waals surface area contributed by atoms with E-state index < -0.39 is 0 Å². The summed E-state index contributed by atoms with van der Waals surface area (Å²) >= 11 is 11.6. The molecule has 0 aromatic heterocycles. The largest absolute Gasteiger partial charge is 0.343 e. The molecule has 0 fully saturated rings. The topological polar surface area (TPSA) is 38.3 Å². The Balaban J connectivity index is 2.34. The molecule has 0 spiro atoms. The lowest BCUT2D eigenvalue weighted by Gasteiger charge is -2.07. The third-order valence-corrected chi connectivity index (χ3v) is 2.93. The molecule has 5 heteroatoms. The first-order valence-corrected chi connectivity index (χ1v) is 6.29. The molecule has 1 rings (SSSR count). The number of nitrogens with one attached hydrogen (secondary N) is 1. The number of unbranched alkanes of at least 4 members (excludes halogenated alkanes) is 2. The SMILES string of the molecule is CCCCCC(=O)ONc1ccc(Cl)c(Cl)c1. The van der Waals surface area contributed by atoms with Gasteiger partial charge in [-0.3, -0.25) is 0 Å². The number of rotatable bonds is 6. The molecular formula is C12H15Cl2NO2. The van der Waals surface area contributed by atoms with Gasteiger partial charge in [-0.2, -0.15) is 0 Å². The summed E-state index contributed by atoms with van der Waals surface area (Å²) in [4.78, 5) is 16.2. The zero-order valence-corrected chi connectivity index (χ0v) is 11.1. The van der Waals surface area contributed by atoms with Crippen LogP contribution in [0.2, 0.25) is 10.0 Å². The van der Waals surface area contributed by atoms with Crippen LogP contribution in [0.4, 0.5) is 5.69 Å². The van der Waals surface area contributed by atoms with Crippen molar-refractivity contribution in [2.75, 3.05) is 5.48 Å². The number of carbonyl (C=O) groups excluding carboxylic acids is 1. The van der Waals surface area contributed by atoms with Crippen molar-refractivity contribution in [2.24, 2.45) is 0 Å². The Labute approximate surface area is 111 Å². The van der Waals surface area contributed by atoms with E-state index in [0.29, 0.717) is 22.2 Å². The van der Waals surface area contributed by atoms with Crippen molar-refractivity contribution < 1.29 is 9.63 Å². The summed E-state index contributed by atoms with van der Waals surface area (Å²) in [7, 11) is 0. The second kappa shape index (κ2) is 7.41. The Bertz CT molecular complexity index is 383. The van der Waals surface area contributed by atoms with Gasteiger partial charge < -0.3 is 4.84 Å². The molecule has 1 aromatic rings. The molecule has 0 unspecified atom stereocenters. The summed E-state index contributed by atoms with van der Waals surface area (Å²) in [6.45, 7) is 2.08. The minimum absolute atomic E-state index is 0.274. The van der Waals surface area contributed by atoms with Crippen molar-refractivity contribution in [3.05, 3.63) is 28.2 Å². The van der Waals surface area contributed by atoms with Crippen LogP contribution in [-0.4, -0.2) is 5.97 Å². The van der Waals surface area contributed by atoms with E-state index in [-0.39, 0.29) is 5.97 Å². The predicted octanol–water partition coefficient (Wildman–Crippen LogP) is 4.44. The maximum Gasteiger partial charge on any atom is 0.332 e. The predicted molar refractivity (Wildman–Crippen MR) is 70.3 cm³/mol. The molecule has 0 saturated heterocycles. The van der Waals surface area contributed by atoms with E-state index in [4.69, 9.17) is 28.0 Å². The zero-order chi connectivity index (χ0) is 12.7. The average Bonchev–Trinajstić information content (AvgIpc) is 2.31. The third kappa shape index (κ3) is 5.29. The van der Waals surface area contributed by atoms with Gasteiger partial charge >= 0.3 is 5.97 Å². The van der Waals surface area contributed by atoms with Gasteiger partial charge in [0.2, 0.25) is 0 Å². The summed E-state index contributed by atoms with van der Waals surface area (Å²) < 4.78 is 0. The van der Waals surface area contributed by atoms with E-state index in [1.165, 1.54) is 0 Å². The van der Waals surface area contributed by atoms with Gasteiger partial charge in [-0.25, -0.2) is 10.3 Å². The maximum absolute atomic E-state index is 11.3.